The highest BCUT2D eigenvalue weighted by molar-refractivity contribution is 6.98. The average molecular weight is 325 g/mol. The second-order valence-corrected chi connectivity index (χ2v) is 11.9. The Bertz CT molecular complexity index is 563. The molecule has 1 unspecified atom stereocenters. The Kier molecular flexibility index (Phi) is 5.58. The molecule has 1 heteroatoms. The Morgan fingerprint density at radius 1 is 1.00 bits per heavy atom. The van der Waals surface area contributed by atoms with Gasteiger partial charge in [0.25, 0.3) is 0 Å². The Morgan fingerprint density at radius 3 is 2.43 bits per heavy atom. The zero-order valence-electron chi connectivity index (χ0n) is 15.0. The van der Waals surface area contributed by atoms with E-state index in [4.69, 9.17) is 0 Å². The summed E-state index contributed by atoms with van der Waals surface area (Å²) in [7, 11) is -1.61. The van der Waals surface area contributed by atoms with E-state index in [2.05, 4.69) is 56.0 Å². The molecule has 1 saturated carbocycles. The molecule has 0 radical (unpaired) electrons. The van der Waals surface area contributed by atoms with Crippen molar-refractivity contribution in [3.05, 3.63) is 53.3 Å². The van der Waals surface area contributed by atoms with Gasteiger partial charge >= 0.3 is 0 Å². The third-order valence-corrected chi connectivity index (χ3v) is 11.6. The molecular weight excluding hydrogens is 292 g/mol. The summed E-state index contributed by atoms with van der Waals surface area (Å²) in [4.78, 5) is 0. The molecule has 23 heavy (non-hydrogen) atoms. The summed E-state index contributed by atoms with van der Waals surface area (Å²) in [6.07, 6.45) is 17.5. The van der Waals surface area contributed by atoms with Gasteiger partial charge in [-0.1, -0.05) is 110 Å². The fraction of sp³-hybridized carbons (Fsp3) is 0.545. The van der Waals surface area contributed by atoms with E-state index in [0.717, 1.165) is 5.54 Å². The Labute approximate surface area is 143 Å². The third-order valence-electron chi connectivity index (χ3n) is 6.19. The number of benzene rings is 1. The SMILES string of the molecule is CCCCC1=CCC=C1[Si](C)(c1ccccc1)C1CCCCC1. The van der Waals surface area contributed by atoms with Crippen LogP contribution in [-0.4, -0.2) is 8.07 Å². The van der Waals surface area contributed by atoms with Crippen LogP contribution in [0.25, 0.3) is 0 Å². The minimum atomic E-state index is -1.61. The van der Waals surface area contributed by atoms with Crippen molar-refractivity contribution in [3.63, 3.8) is 0 Å². The predicted molar refractivity (Wildman–Crippen MR) is 105 cm³/mol. The molecule has 0 spiro atoms. The molecular formula is C22H32Si. The van der Waals surface area contributed by atoms with Gasteiger partial charge in [-0.15, -0.1) is 0 Å². The molecule has 0 bridgehead atoms. The second-order valence-electron chi connectivity index (χ2n) is 7.59. The number of allylic oxidation sites excluding steroid dienone is 4. The molecule has 0 nitrogen and oxygen atoms in total. The lowest BCUT2D eigenvalue weighted by Crippen LogP contribution is -2.52. The fourth-order valence-electron chi connectivity index (χ4n) is 4.79. The summed E-state index contributed by atoms with van der Waals surface area (Å²) in [6, 6.07) is 11.5. The van der Waals surface area contributed by atoms with Gasteiger partial charge < -0.3 is 0 Å². The van der Waals surface area contributed by atoms with Crippen molar-refractivity contribution in [2.45, 2.75) is 76.8 Å². The minimum Gasteiger partial charge on any atom is -0.0808 e. The molecule has 0 aromatic heterocycles. The highest BCUT2D eigenvalue weighted by Crippen LogP contribution is 2.44. The molecule has 2 aliphatic carbocycles. The lowest BCUT2D eigenvalue weighted by molar-refractivity contribution is 0.494. The molecule has 0 heterocycles. The van der Waals surface area contributed by atoms with E-state index < -0.39 is 8.07 Å². The van der Waals surface area contributed by atoms with E-state index in [1.807, 2.05) is 0 Å². The summed E-state index contributed by atoms with van der Waals surface area (Å²) in [6.45, 7) is 4.99. The molecule has 124 valence electrons. The van der Waals surface area contributed by atoms with Crippen LogP contribution in [0.3, 0.4) is 0 Å². The van der Waals surface area contributed by atoms with Crippen LogP contribution in [0.4, 0.5) is 0 Å². The fourth-order valence-corrected chi connectivity index (χ4v) is 9.89. The van der Waals surface area contributed by atoms with Gasteiger partial charge in [-0.3, -0.25) is 0 Å². The van der Waals surface area contributed by atoms with E-state index in [9.17, 15) is 0 Å². The van der Waals surface area contributed by atoms with Crippen LogP contribution in [0.5, 0.6) is 0 Å². The molecule has 3 rings (SSSR count). The molecule has 1 aromatic carbocycles. The van der Waals surface area contributed by atoms with Gasteiger partial charge in [-0.25, -0.2) is 0 Å². The normalized spacial score (nSPS) is 21.7. The van der Waals surface area contributed by atoms with Crippen LogP contribution in [0.1, 0.15) is 64.7 Å². The Morgan fingerprint density at radius 2 is 1.74 bits per heavy atom. The van der Waals surface area contributed by atoms with E-state index in [-0.39, 0.29) is 0 Å². The van der Waals surface area contributed by atoms with E-state index in [0.29, 0.717) is 0 Å². The molecule has 0 aliphatic heterocycles. The van der Waals surface area contributed by atoms with Crippen molar-refractivity contribution in [1.29, 1.82) is 0 Å². The summed E-state index contributed by atoms with van der Waals surface area (Å²) in [5.74, 6) is 0. The maximum atomic E-state index is 2.68. The van der Waals surface area contributed by atoms with Gasteiger partial charge in [-0.2, -0.15) is 0 Å². The van der Waals surface area contributed by atoms with E-state index >= 15 is 0 Å². The second kappa shape index (κ2) is 7.66. The number of unbranched alkanes of at least 4 members (excludes halogenated alkanes) is 1. The van der Waals surface area contributed by atoms with E-state index in [1.54, 1.807) is 16.0 Å². The van der Waals surface area contributed by atoms with Crippen LogP contribution >= 0.6 is 0 Å². The van der Waals surface area contributed by atoms with E-state index in [1.165, 1.54) is 57.8 Å². The zero-order valence-corrected chi connectivity index (χ0v) is 16.0. The van der Waals surface area contributed by atoms with Crippen LogP contribution in [0.2, 0.25) is 12.1 Å². The maximum Gasteiger partial charge on any atom is 0.118 e. The van der Waals surface area contributed by atoms with Gasteiger partial charge in [-0.05, 0) is 24.8 Å². The van der Waals surface area contributed by atoms with Crippen LogP contribution in [0.15, 0.2) is 53.3 Å². The lowest BCUT2D eigenvalue weighted by Gasteiger charge is -2.41. The first-order chi connectivity index (χ1) is 11.3. The van der Waals surface area contributed by atoms with Crippen LogP contribution < -0.4 is 5.19 Å². The first-order valence-corrected chi connectivity index (χ1v) is 12.3. The molecule has 0 N–H and O–H groups in total. The summed E-state index contributed by atoms with van der Waals surface area (Å²) in [5.41, 5.74) is 2.64. The smallest absolute Gasteiger partial charge is 0.0808 e. The number of rotatable bonds is 6. The van der Waals surface area contributed by atoms with Crippen LogP contribution in [-0.2, 0) is 0 Å². The van der Waals surface area contributed by atoms with Gasteiger partial charge in [0.2, 0.25) is 0 Å². The average Bonchev–Trinajstić information content (AvgIpc) is 3.10. The van der Waals surface area contributed by atoms with Crippen molar-refractivity contribution in [3.8, 4) is 0 Å². The monoisotopic (exact) mass is 324 g/mol. The molecule has 0 amide bonds. The largest absolute Gasteiger partial charge is 0.118 e. The highest BCUT2D eigenvalue weighted by atomic mass is 28.3. The maximum absolute atomic E-state index is 2.68. The van der Waals surface area contributed by atoms with Crippen molar-refractivity contribution >= 4 is 13.3 Å². The lowest BCUT2D eigenvalue weighted by atomic mass is 10.0. The molecule has 1 atom stereocenters. The van der Waals surface area contributed by atoms with Crippen molar-refractivity contribution < 1.29 is 0 Å². The number of hydrogen-bond donors (Lipinski definition) is 0. The molecule has 1 fully saturated rings. The Hall–Kier alpha value is -1.08. The van der Waals surface area contributed by atoms with Crippen molar-refractivity contribution in [2.24, 2.45) is 0 Å². The minimum absolute atomic E-state index is 0.938. The van der Waals surface area contributed by atoms with Gasteiger partial charge in [0, 0.05) is 0 Å². The summed E-state index contributed by atoms with van der Waals surface area (Å²) >= 11 is 0. The summed E-state index contributed by atoms with van der Waals surface area (Å²) < 4.78 is 0. The van der Waals surface area contributed by atoms with Gasteiger partial charge in [0.05, 0.1) is 0 Å². The molecule has 0 saturated heterocycles. The van der Waals surface area contributed by atoms with Gasteiger partial charge in [0.15, 0.2) is 0 Å². The highest BCUT2D eigenvalue weighted by Gasteiger charge is 2.43. The first kappa shape index (κ1) is 16.8. The quantitative estimate of drug-likeness (QED) is 0.539. The van der Waals surface area contributed by atoms with Gasteiger partial charge in [0.1, 0.15) is 8.07 Å². The molecule has 1 aromatic rings. The Balaban J connectivity index is 1.97. The first-order valence-electron chi connectivity index (χ1n) is 9.72. The number of hydrogen-bond acceptors (Lipinski definition) is 0. The summed E-state index contributed by atoms with van der Waals surface area (Å²) in [5, 5.41) is 3.46. The van der Waals surface area contributed by atoms with Crippen molar-refractivity contribution in [2.75, 3.05) is 0 Å². The standard InChI is InChI=1S/C22H32Si/c1-3-4-12-19-13-11-18-22(19)23(2,20-14-7-5-8-15-20)21-16-9-6-10-17-21/h5,7-8,13-15,18,21H,3-4,6,9-12,16-17H2,1-2H3. The molecule has 2 aliphatic rings. The van der Waals surface area contributed by atoms with Crippen LogP contribution in [0, 0.1) is 0 Å². The van der Waals surface area contributed by atoms with Crippen molar-refractivity contribution in [1.82, 2.24) is 0 Å². The topological polar surface area (TPSA) is 0 Å². The predicted octanol–water partition coefficient (Wildman–Crippen LogP) is 6.29. The third kappa shape index (κ3) is 3.40. The zero-order chi connectivity index (χ0) is 16.1.